The lowest BCUT2D eigenvalue weighted by atomic mass is 9.69. The minimum Gasteiger partial charge on any atom is -0.886 e. The van der Waals surface area contributed by atoms with Gasteiger partial charge in [0.15, 0.2) is 44.1 Å². The van der Waals surface area contributed by atoms with Crippen molar-refractivity contribution in [3.63, 3.8) is 0 Å². The summed E-state index contributed by atoms with van der Waals surface area (Å²) in [5.74, 6) is 0. The van der Waals surface area contributed by atoms with E-state index >= 15 is 0 Å². The fourth-order valence-electron chi connectivity index (χ4n) is 16.4. The molecular formula is C80H98B8N8O5. The molecule has 0 saturated heterocycles. The van der Waals surface area contributed by atoms with E-state index in [9.17, 15) is 10.0 Å². The van der Waals surface area contributed by atoms with Gasteiger partial charge in [0.05, 0.1) is 0 Å². The van der Waals surface area contributed by atoms with E-state index in [0.29, 0.717) is 0 Å². The molecule has 0 aliphatic carbocycles. The lowest BCUT2D eigenvalue weighted by Crippen LogP contribution is -2.45. The molecule has 512 valence electrons. The summed E-state index contributed by atoms with van der Waals surface area (Å²) in [6.45, 7) is 48.6. The fraction of sp³-hybridized carbons (Fsp3) is 0.400. The van der Waals surface area contributed by atoms with Crippen LogP contribution < -0.4 is 52.8 Å². The van der Waals surface area contributed by atoms with Crippen molar-refractivity contribution >= 4 is 183 Å². The third-order valence-corrected chi connectivity index (χ3v) is 22.7. The average molecular weight is 1340 g/mol. The van der Waals surface area contributed by atoms with Crippen LogP contribution in [0.3, 0.4) is 0 Å². The van der Waals surface area contributed by atoms with E-state index in [-0.39, 0.29) is 43.3 Å². The molecule has 8 heterocycles. The second kappa shape index (κ2) is 21.6. The largest absolute Gasteiger partial charge is 0.886 e. The zero-order chi connectivity index (χ0) is 72.2. The van der Waals surface area contributed by atoms with Gasteiger partial charge in [-0.25, -0.2) is 0 Å². The molecular weight excluding hydrogens is 1240 g/mol. The van der Waals surface area contributed by atoms with E-state index in [2.05, 4.69) is 302 Å². The standard InChI is InChI=1S/C80H98B8N8O5/c1-73(2,3)41-25-49-65-51(27-41)83(91-59-35-45(77(13,14)15)33-57(69(59)65)89-81(49)97)99-85-53-29-43(75(7,8)9)31-55-67(53)71-61(93-85)37-47(79(19,20)21)39-63(71)95-87(55)101-88-56-32-44(76(10,11)12)30-54-68(56)72-62(38-48(80(22,23)24)40-64(72)96-88)94-86(54)100-84-52-28-42(74(4,5)6)26-50-66(52)70-58(90-82(50)98)34-46(78(16,17)18)36-60(70)92-84/h25-40,89-98H,1-24H3. The van der Waals surface area contributed by atoms with Crippen molar-refractivity contribution in [1.29, 1.82) is 0 Å². The van der Waals surface area contributed by atoms with Gasteiger partial charge >= 0.3 is 53.5 Å². The Morgan fingerprint density at radius 3 is 0.505 bits per heavy atom. The van der Waals surface area contributed by atoms with Crippen molar-refractivity contribution in [1.82, 2.24) is 0 Å². The molecule has 0 fully saturated rings. The Bertz CT molecular complexity index is 5870. The highest BCUT2D eigenvalue weighted by molar-refractivity contribution is 6.72. The lowest BCUT2D eigenvalue weighted by Gasteiger charge is -2.32. The van der Waals surface area contributed by atoms with Gasteiger partial charge in [0.25, 0.3) is 0 Å². The number of benzene rings is 8. The van der Waals surface area contributed by atoms with E-state index in [4.69, 9.17) is 13.7 Å². The summed E-state index contributed by atoms with van der Waals surface area (Å²) >= 11 is 0. The summed E-state index contributed by atoms with van der Waals surface area (Å²) in [5.41, 5.74) is 15.1. The molecule has 8 aromatic heterocycles. The summed E-state index contributed by atoms with van der Waals surface area (Å²) in [6.07, 6.45) is 0. The molecule has 0 spiro atoms. The van der Waals surface area contributed by atoms with Gasteiger partial charge in [-0.3, -0.25) is 0 Å². The van der Waals surface area contributed by atoms with Crippen LogP contribution in [0.4, 0.5) is 0 Å². The number of aromatic nitrogens is 8. The van der Waals surface area contributed by atoms with Crippen LogP contribution in [0, 0.1) is 0 Å². The fourth-order valence-corrected chi connectivity index (χ4v) is 16.4. The number of aromatic amines is 8. The van der Waals surface area contributed by atoms with Gasteiger partial charge in [0.2, 0.25) is 0 Å². The number of rotatable bonds is 6. The number of nitrogens with one attached hydrogen (secondary N) is 8. The van der Waals surface area contributed by atoms with E-state index < -0.39 is 53.5 Å². The molecule has 101 heavy (non-hydrogen) atoms. The van der Waals surface area contributed by atoms with Crippen LogP contribution in [-0.2, 0) is 43.3 Å². The normalized spacial score (nSPS) is 13.8. The first-order valence-electron chi connectivity index (χ1n) is 36.8. The molecule has 0 bridgehead atoms. The van der Waals surface area contributed by atoms with E-state index in [1.165, 1.54) is 11.1 Å². The minimum absolute atomic E-state index is 0.172. The van der Waals surface area contributed by atoms with Gasteiger partial charge < -0.3 is 62.9 Å². The van der Waals surface area contributed by atoms with Crippen LogP contribution in [0.15, 0.2) is 97.1 Å². The summed E-state index contributed by atoms with van der Waals surface area (Å²) in [4.78, 5) is 31.4. The summed E-state index contributed by atoms with van der Waals surface area (Å²) < 4.78 is 23.8. The summed E-state index contributed by atoms with van der Waals surface area (Å²) in [5, 5.41) is 40.7. The first-order chi connectivity index (χ1) is 46.8. The third-order valence-electron chi connectivity index (χ3n) is 22.7. The van der Waals surface area contributed by atoms with Crippen LogP contribution in [-0.4, -0.2) is 63.6 Å². The van der Waals surface area contributed by atoms with Crippen LogP contribution in [0.1, 0.15) is 211 Å². The first-order valence-corrected chi connectivity index (χ1v) is 36.8. The minimum atomic E-state index is -0.914. The number of H-pyrrole nitrogens is 8. The molecule has 0 atom stereocenters. The van der Waals surface area contributed by atoms with Crippen molar-refractivity contribution in [3.8, 4) is 0 Å². The zero-order valence-electron chi connectivity index (χ0n) is 64.0. The van der Waals surface area contributed by atoms with Gasteiger partial charge in [0.1, 0.15) is 21.5 Å². The van der Waals surface area contributed by atoms with E-state index in [1.54, 1.807) is 0 Å². The van der Waals surface area contributed by atoms with Gasteiger partial charge in [-0.05, 0) is 87.8 Å². The Kier molecular flexibility index (Phi) is 14.4. The van der Waals surface area contributed by atoms with Crippen LogP contribution in [0.2, 0.25) is 0 Å². The maximum absolute atomic E-state index is 12.2. The number of hydrogen-bond donors (Lipinski definition) is 2. The van der Waals surface area contributed by atoms with Crippen LogP contribution >= 0.6 is 0 Å². The summed E-state index contributed by atoms with van der Waals surface area (Å²) in [7, 11) is 0. The molecule has 21 heteroatoms. The Labute approximate surface area is 593 Å². The smallest absolute Gasteiger partial charge is 0.416 e. The third kappa shape index (κ3) is 10.9. The quantitative estimate of drug-likeness (QED) is 0.157. The first kappa shape index (κ1) is 67.2. The molecule has 0 saturated carbocycles. The number of hydrogen-bond acceptors (Lipinski definition) is 5. The Hall–Kier alpha value is -8.32. The molecule has 8 aromatic carbocycles. The second-order valence-electron chi connectivity index (χ2n) is 38.6. The highest BCUT2D eigenvalue weighted by Crippen LogP contribution is 2.42. The predicted molar refractivity (Wildman–Crippen MR) is 421 cm³/mol. The monoisotopic (exact) mass is 1340 g/mol. The van der Waals surface area contributed by atoms with Crippen molar-refractivity contribution < 1.29 is 62.9 Å². The second-order valence-corrected chi connectivity index (χ2v) is 38.6. The van der Waals surface area contributed by atoms with Crippen molar-refractivity contribution in [2.45, 2.75) is 209 Å². The molecule has 10 N–H and O–H groups in total. The van der Waals surface area contributed by atoms with Crippen LogP contribution in [0.25, 0.3) is 129 Å². The van der Waals surface area contributed by atoms with Crippen LogP contribution in [0.5, 0.6) is 0 Å². The molecule has 0 unspecified atom stereocenters. The molecule has 0 radical (unpaired) electrons. The average Bonchev–Trinajstić information content (AvgIpc) is 0.722. The SMILES string of the molecule is CC(C)(C)c1cc2[nH+][b-](O)c3cc(C(C)(C)C)cc4[b-](O[b-]5[nH+]c6cc(C(C)(C)C)cc7[nH+][b-](O[b-]8[nH+]c9cc(C(C)(C)C)cc%10[nH+][b-](O[b-]%11[nH+]c%12cc(C(C)(C)C)cc%13[nH+][b-](O)c%14cc(C(C)(C)C)cc%11c%14c%13%12)c%11cc(C(C)(C)C)cc8c%11c%109)c8cc(C(C)(C)C)cc5c8c67)[nH+]c(c1)c2c34. The molecule has 16 aromatic rings. The molecule has 0 amide bonds. The Morgan fingerprint density at radius 1 is 0.198 bits per heavy atom. The molecule has 0 aliphatic heterocycles. The van der Waals surface area contributed by atoms with E-state index in [0.717, 1.165) is 163 Å². The van der Waals surface area contributed by atoms with Crippen molar-refractivity contribution in [2.75, 3.05) is 0 Å². The van der Waals surface area contributed by atoms with Crippen molar-refractivity contribution in [3.05, 3.63) is 142 Å². The van der Waals surface area contributed by atoms with E-state index in [1.807, 2.05) is 0 Å². The highest BCUT2D eigenvalue weighted by Gasteiger charge is 2.32. The molecule has 16 rings (SSSR count). The zero-order valence-corrected chi connectivity index (χ0v) is 64.0. The van der Waals surface area contributed by atoms with Gasteiger partial charge in [-0.2, -0.15) is 0 Å². The topological polar surface area (TPSA) is 181 Å². The molecule has 0 aliphatic rings. The van der Waals surface area contributed by atoms with Gasteiger partial charge in [0, 0.05) is 48.5 Å². The lowest BCUT2D eigenvalue weighted by molar-refractivity contribution is -0.304. The Balaban J connectivity index is 0.979. The maximum Gasteiger partial charge on any atom is 0.416 e. The molecule has 13 nitrogen and oxygen atoms in total. The Morgan fingerprint density at radius 2 is 0.337 bits per heavy atom. The maximum atomic E-state index is 12.2. The van der Waals surface area contributed by atoms with Crippen molar-refractivity contribution in [2.24, 2.45) is 0 Å². The van der Waals surface area contributed by atoms with Gasteiger partial charge in [-0.15, -0.1) is 42.3 Å². The predicted octanol–water partition coefficient (Wildman–Crippen LogP) is 11.6. The summed E-state index contributed by atoms with van der Waals surface area (Å²) in [6, 6.07) is 36.9. The van der Waals surface area contributed by atoms with Gasteiger partial charge in [-0.1, -0.05) is 236 Å². The highest BCUT2D eigenvalue weighted by atomic mass is 16.4.